The molecule has 0 bridgehead atoms. The second kappa shape index (κ2) is 10.5. The van der Waals surface area contributed by atoms with Crippen molar-refractivity contribution in [3.05, 3.63) is 111 Å². The predicted molar refractivity (Wildman–Crippen MR) is 142 cm³/mol. The molecule has 0 aliphatic carbocycles. The molecule has 2 N–H and O–H groups in total. The number of hydrogen-bond donors (Lipinski definition) is 2. The monoisotopic (exact) mass is 471 g/mol. The number of fused-ring (bicyclic) bond motifs is 1. The Morgan fingerprint density at radius 3 is 2.35 bits per heavy atom. The molecule has 0 amide bonds. The number of benzene rings is 3. The van der Waals surface area contributed by atoms with E-state index in [1.54, 1.807) is 7.11 Å². The maximum absolute atomic E-state index is 13.0. The fourth-order valence-corrected chi connectivity index (χ4v) is 4.18. The Morgan fingerprint density at radius 2 is 1.65 bits per heavy atom. The summed E-state index contributed by atoms with van der Waals surface area (Å²) in [5.74, 6) is 0.803. The molecule has 0 radical (unpaired) electrons. The Morgan fingerprint density at radius 1 is 0.941 bits per heavy atom. The third-order valence-corrected chi connectivity index (χ3v) is 6.39. The van der Waals surface area contributed by atoms with Crippen molar-refractivity contribution in [2.75, 3.05) is 7.11 Å². The highest BCUT2D eigenvalue weighted by Gasteiger charge is 2.15. The Bertz CT molecular complexity index is 1350. The van der Waals surface area contributed by atoms with Crippen LogP contribution >= 0.6 is 12.2 Å². The first-order chi connectivity index (χ1) is 16.4. The number of aryl methyl sites for hydroxylation is 2. The van der Waals surface area contributed by atoms with E-state index in [1.165, 1.54) is 0 Å². The molecule has 3 aromatic carbocycles. The quantitative estimate of drug-likeness (QED) is 0.362. The molecule has 0 aliphatic rings. The van der Waals surface area contributed by atoms with Gasteiger partial charge in [0.1, 0.15) is 5.75 Å². The van der Waals surface area contributed by atoms with Gasteiger partial charge in [-0.15, -0.1) is 0 Å². The van der Waals surface area contributed by atoms with E-state index in [9.17, 15) is 4.79 Å². The molecule has 5 nitrogen and oxygen atoms in total. The van der Waals surface area contributed by atoms with Crippen molar-refractivity contribution in [3.8, 4) is 5.75 Å². The zero-order valence-corrected chi connectivity index (χ0v) is 20.5. The molecule has 0 atom stereocenters. The zero-order chi connectivity index (χ0) is 24.1. The lowest BCUT2D eigenvalue weighted by atomic mass is 10.0. The van der Waals surface area contributed by atoms with Gasteiger partial charge in [-0.1, -0.05) is 54.6 Å². The number of hydrogen-bond acceptors (Lipinski definition) is 3. The third kappa shape index (κ3) is 5.46. The Labute approximate surface area is 205 Å². The van der Waals surface area contributed by atoms with E-state index in [1.807, 2.05) is 66.4 Å². The lowest BCUT2D eigenvalue weighted by molar-refractivity contribution is 0.395. The molecule has 0 aliphatic heterocycles. The summed E-state index contributed by atoms with van der Waals surface area (Å²) in [5.41, 5.74) is 5.88. The molecular weight excluding hydrogens is 442 g/mol. The third-order valence-electron chi connectivity index (χ3n) is 5.99. The molecule has 0 unspecified atom stereocenters. The van der Waals surface area contributed by atoms with Crippen LogP contribution in [0.25, 0.3) is 10.9 Å². The average Bonchev–Trinajstić information content (AvgIpc) is 2.86. The number of aromatic amines is 1. The normalized spacial score (nSPS) is 10.8. The first kappa shape index (κ1) is 23.5. The Hall–Kier alpha value is -3.64. The molecule has 1 aromatic heterocycles. The Balaban J connectivity index is 1.62. The minimum absolute atomic E-state index is 0.0909. The molecule has 0 saturated heterocycles. The molecule has 174 valence electrons. The van der Waals surface area contributed by atoms with Crippen molar-refractivity contribution < 1.29 is 4.74 Å². The van der Waals surface area contributed by atoms with Crippen molar-refractivity contribution in [3.63, 3.8) is 0 Å². The van der Waals surface area contributed by atoms with Crippen LogP contribution in [0.1, 0.15) is 27.8 Å². The van der Waals surface area contributed by atoms with Crippen LogP contribution in [0.3, 0.4) is 0 Å². The van der Waals surface area contributed by atoms with Crippen molar-refractivity contribution in [1.82, 2.24) is 15.2 Å². The fourth-order valence-electron chi connectivity index (χ4n) is 3.98. The average molecular weight is 472 g/mol. The van der Waals surface area contributed by atoms with Gasteiger partial charge in [-0.05, 0) is 66.5 Å². The van der Waals surface area contributed by atoms with Gasteiger partial charge in [0.25, 0.3) is 5.56 Å². The van der Waals surface area contributed by atoms with Crippen LogP contribution in [0, 0.1) is 13.8 Å². The molecule has 4 rings (SSSR count). The maximum Gasteiger partial charge on any atom is 0.253 e. The summed E-state index contributed by atoms with van der Waals surface area (Å²) in [5, 5.41) is 5.01. The van der Waals surface area contributed by atoms with Gasteiger partial charge >= 0.3 is 0 Å². The molecular formula is C28H29N3O2S. The molecule has 6 heteroatoms. The van der Waals surface area contributed by atoms with Crippen molar-refractivity contribution in [2.24, 2.45) is 0 Å². The number of nitrogens with zero attached hydrogens (tertiary/aromatic N) is 1. The molecule has 4 aromatic rings. The van der Waals surface area contributed by atoms with Crippen molar-refractivity contribution in [2.45, 2.75) is 33.5 Å². The number of thiocarbonyl (C=S) groups is 1. The van der Waals surface area contributed by atoms with E-state index in [2.05, 4.69) is 35.4 Å². The summed E-state index contributed by atoms with van der Waals surface area (Å²) < 4.78 is 5.29. The number of methoxy groups -OCH3 is 1. The summed E-state index contributed by atoms with van der Waals surface area (Å²) in [4.78, 5) is 18.1. The van der Waals surface area contributed by atoms with Gasteiger partial charge < -0.3 is 19.9 Å². The molecule has 0 fully saturated rings. The van der Waals surface area contributed by atoms with Gasteiger partial charge in [-0.2, -0.15) is 0 Å². The Kier molecular flexibility index (Phi) is 7.28. The van der Waals surface area contributed by atoms with Gasteiger partial charge in [-0.25, -0.2) is 0 Å². The second-order valence-corrected chi connectivity index (χ2v) is 8.85. The molecule has 34 heavy (non-hydrogen) atoms. The summed E-state index contributed by atoms with van der Waals surface area (Å²) in [6.45, 7) is 5.65. The van der Waals surface area contributed by atoms with E-state index in [-0.39, 0.29) is 5.56 Å². The fraction of sp³-hybridized carbons (Fsp3) is 0.214. The first-order valence-electron chi connectivity index (χ1n) is 11.3. The summed E-state index contributed by atoms with van der Waals surface area (Å²) >= 11 is 5.79. The molecule has 0 saturated carbocycles. The van der Waals surface area contributed by atoms with Crippen LogP contribution < -0.4 is 15.6 Å². The van der Waals surface area contributed by atoms with Crippen LogP contribution in [0.15, 0.2) is 77.6 Å². The number of pyridine rings is 1. The number of nitrogens with one attached hydrogen (secondary N) is 2. The van der Waals surface area contributed by atoms with Gasteiger partial charge in [0, 0.05) is 24.0 Å². The van der Waals surface area contributed by atoms with Crippen molar-refractivity contribution >= 4 is 28.2 Å². The number of H-pyrrole nitrogens is 1. The van der Waals surface area contributed by atoms with E-state index in [4.69, 9.17) is 17.0 Å². The standard InChI is InChI=1S/C28H29N3O2S/c1-19-9-10-20(2)26-25(19)15-23(27(32)30-26)18-31(17-22-11-13-24(33-3)14-12-22)28(34)29-16-21-7-5-4-6-8-21/h4-15H,16-18H2,1-3H3,(H,29,34)(H,30,32). The largest absolute Gasteiger partial charge is 0.497 e. The highest BCUT2D eigenvalue weighted by Crippen LogP contribution is 2.21. The van der Waals surface area contributed by atoms with E-state index < -0.39 is 0 Å². The van der Waals surface area contributed by atoms with Crippen LogP contribution in [-0.4, -0.2) is 22.1 Å². The number of rotatable bonds is 7. The summed E-state index contributed by atoms with van der Waals surface area (Å²) in [6.07, 6.45) is 0. The highest BCUT2D eigenvalue weighted by molar-refractivity contribution is 7.80. The topological polar surface area (TPSA) is 57.4 Å². The second-order valence-electron chi connectivity index (χ2n) is 8.46. The molecule has 1 heterocycles. The smallest absolute Gasteiger partial charge is 0.253 e. The lowest BCUT2D eigenvalue weighted by Gasteiger charge is -2.26. The SMILES string of the molecule is COc1ccc(CN(Cc2cc3c(C)ccc(C)c3[nH]c2=O)C(=S)NCc2ccccc2)cc1. The van der Waals surface area contributed by atoms with Crippen LogP contribution in [-0.2, 0) is 19.6 Å². The molecule has 0 spiro atoms. The highest BCUT2D eigenvalue weighted by atomic mass is 32.1. The summed E-state index contributed by atoms with van der Waals surface area (Å²) in [7, 11) is 1.65. The van der Waals surface area contributed by atoms with Gasteiger partial charge in [0.05, 0.1) is 19.2 Å². The predicted octanol–water partition coefficient (Wildman–Crippen LogP) is 5.23. The van der Waals surface area contributed by atoms with Crippen molar-refractivity contribution in [1.29, 1.82) is 0 Å². The van der Waals surface area contributed by atoms with Gasteiger partial charge in [-0.3, -0.25) is 4.79 Å². The van der Waals surface area contributed by atoms with Crippen LogP contribution in [0.5, 0.6) is 5.75 Å². The van der Waals surface area contributed by atoms with Gasteiger partial charge in [0.15, 0.2) is 5.11 Å². The maximum atomic E-state index is 13.0. The summed E-state index contributed by atoms with van der Waals surface area (Å²) in [6, 6.07) is 24.1. The van der Waals surface area contributed by atoms with E-state index >= 15 is 0 Å². The number of ether oxygens (including phenoxy) is 1. The minimum atomic E-state index is -0.0909. The zero-order valence-electron chi connectivity index (χ0n) is 19.7. The van der Waals surface area contributed by atoms with E-state index in [0.29, 0.717) is 30.3 Å². The number of aromatic nitrogens is 1. The lowest BCUT2D eigenvalue weighted by Crippen LogP contribution is -2.39. The minimum Gasteiger partial charge on any atom is -0.497 e. The van der Waals surface area contributed by atoms with Crippen LogP contribution in [0.4, 0.5) is 0 Å². The van der Waals surface area contributed by atoms with Crippen LogP contribution in [0.2, 0.25) is 0 Å². The van der Waals surface area contributed by atoms with Gasteiger partial charge in [0.2, 0.25) is 0 Å². The first-order valence-corrected chi connectivity index (χ1v) is 11.7. The van der Waals surface area contributed by atoms with E-state index in [0.717, 1.165) is 38.9 Å².